The lowest BCUT2D eigenvalue weighted by Crippen LogP contribution is -2.47. The molecule has 0 N–H and O–H groups in total. The second-order valence-corrected chi connectivity index (χ2v) is 7.84. The standard InChI is InChI=1S/C25H25N5O/c1-19-8-10-20(11-9-19)24-22(18-30(27-24)23-6-4-3-5-7-23)16-21(17-26)25(31)29-14-12-28(2)13-15-29/h3-11,16,18H,12-15H2,1-2H3/b21-16+. The van der Waals surface area contributed by atoms with Gasteiger partial charge < -0.3 is 9.80 Å². The minimum absolute atomic E-state index is 0.130. The maximum Gasteiger partial charge on any atom is 0.264 e. The maximum absolute atomic E-state index is 13.0. The molecule has 1 aliphatic heterocycles. The number of rotatable bonds is 4. The molecular formula is C25H25N5O. The van der Waals surface area contributed by atoms with Crippen LogP contribution in [0.25, 0.3) is 23.0 Å². The zero-order chi connectivity index (χ0) is 21.8. The summed E-state index contributed by atoms with van der Waals surface area (Å²) in [6.45, 7) is 4.91. The van der Waals surface area contributed by atoms with Crippen LogP contribution in [-0.4, -0.2) is 58.7 Å². The fourth-order valence-electron chi connectivity index (χ4n) is 3.62. The predicted octanol–water partition coefficient (Wildman–Crippen LogP) is 3.53. The van der Waals surface area contributed by atoms with E-state index in [2.05, 4.69) is 11.0 Å². The van der Waals surface area contributed by atoms with E-state index < -0.39 is 0 Å². The van der Waals surface area contributed by atoms with Gasteiger partial charge >= 0.3 is 0 Å². The molecule has 6 heteroatoms. The quantitative estimate of drug-likeness (QED) is 0.487. The summed E-state index contributed by atoms with van der Waals surface area (Å²) >= 11 is 0. The largest absolute Gasteiger partial charge is 0.335 e. The summed E-state index contributed by atoms with van der Waals surface area (Å²) in [5.41, 5.74) is 4.63. The number of para-hydroxylation sites is 1. The first-order chi connectivity index (χ1) is 15.0. The monoisotopic (exact) mass is 411 g/mol. The molecule has 0 bridgehead atoms. The molecule has 1 fully saturated rings. The summed E-state index contributed by atoms with van der Waals surface area (Å²) < 4.78 is 1.79. The van der Waals surface area contributed by atoms with Gasteiger partial charge in [-0.15, -0.1) is 0 Å². The van der Waals surface area contributed by atoms with Gasteiger partial charge in [-0.1, -0.05) is 48.0 Å². The van der Waals surface area contributed by atoms with Crippen LogP contribution >= 0.6 is 0 Å². The van der Waals surface area contributed by atoms with Crippen LogP contribution < -0.4 is 0 Å². The molecule has 31 heavy (non-hydrogen) atoms. The van der Waals surface area contributed by atoms with E-state index >= 15 is 0 Å². The van der Waals surface area contributed by atoms with Crippen molar-refractivity contribution in [3.05, 3.63) is 77.5 Å². The average Bonchev–Trinajstić information content (AvgIpc) is 3.22. The van der Waals surface area contributed by atoms with Crippen LogP contribution in [0.4, 0.5) is 0 Å². The molecule has 1 amide bonds. The third kappa shape index (κ3) is 4.57. The van der Waals surface area contributed by atoms with Crippen LogP contribution in [0.3, 0.4) is 0 Å². The van der Waals surface area contributed by atoms with Crippen molar-refractivity contribution in [3.8, 4) is 23.0 Å². The number of amides is 1. The smallest absolute Gasteiger partial charge is 0.264 e. The van der Waals surface area contributed by atoms with Gasteiger partial charge in [0.25, 0.3) is 5.91 Å². The zero-order valence-electron chi connectivity index (χ0n) is 17.8. The van der Waals surface area contributed by atoms with Crippen molar-refractivity contribution in [3.63, 3.8) is 0 Å². The Hall–Kier alpha value is -3.69. The van der Waals surface area contributed by atoms with Gasteiger partial charge in [-0.05, 0) is 32.2 Å². The summed E-state index contributed by atoms with van der Waals surface area (Å²) in [4.78, 5) is 16.9. The molecule has 1 aromatic heterocycles. The summed E-state index contributed by atoms with van der Waals surface area (Å²) in [6, 6.07) is 20.0. The number of hydrogen-bond donors (Lipinski definition) is 0. The van der Waals surface area contributed by atoms with Crippen molar-refractivity contribution < 1.29 is 4.79 Å². The number of nitriles is 1. The minimum atomic E-state index is -0.224. The van der Waals surface area contributed by atoms with Crippen molar-refractivity contribution in [1.29, 1.82) is 5.26 Å². The van der Waals surface area contributed by atoms with Crippen LogP contribution in [-0.2, 0) is 4.79 Å². The van der Waals surface area contributed by atoms with E-state index in [0.29, 0.717) is 13.1 Å². The number of likely N-dealkylation sites (N-methyl/N-ethyl adjacent to an activating group) is 1. The van der Waals surface area contributed by atoms with Crippen LogP contribution in [0.2, 0.25) is 0 Å². The Morgan fingerprint density at radius 2 is 1.71 bits per heavy atom. The average molecular weight is 412 g/mol. The van der Waals surface area contributed by atoms with Crippen molar-refractivity contribution in [2.75, 3.05) is 33.2 Å². The summed E-state index contributed by atoms with van der Waals surface area (Å²) in [5.74, 6) is -0.224. The van der Waals surface area contributed by atoms with Gasteiger partial charge in [0.15, 0.2) is 0 Å². The highest BCUT2D eigenvalue weighted by molar-refractivity contribution is 6.02. The lowest BCUT2D eigenvalue weighted by Gasteiger charge is -2.32. The molecule has 0 aliphatic carbocycles. The van der Waals surface area contributed by atoms with E-state index in [1.165, 1.54) is 0 Å². The lowest BCUT2D eigenvalue weighted by atomic mass is 10.0. The van der Waals surface area contributed by atoms with Gasteiger partial charge in [0.05, 0.1) is 11.4 Å². The Morgan fingerprint density at radius 3 is 2.35 bits per heavy atom. The number of carbonyl (C=O) groups excluding carboxylic acids is 1. The summed E-state index contributed by atoms with van der Waals surface area (Å²) in [5, 5.41) is 14.5. The Morgan fingerprint density at radius 1 is 1.03 bits per heavy atom. The molecule has 0 saturated carbocycles. The minimum Gasteiger partial charge on any atom is -0.335 e. The lowest BCUT2D eigenvalue weighted by molar-refractivity contribution is -0.128. The molecule has 0 atom stereocenters. The Kier molecular flexibility index (Phi) is 5.96. The van der Waals surface area contributed by atoms with Gasteiger partial charge in [0.2, 0.25) is 0 Å². The van der Waals surface area contributed by atoms with Crippen LogP contribution in [0.5, 0.6) is 0 Å². The summed E-state index contributed by atoms with van der Waals surface area (Å²) in [7, 11) is 2.04. The van der Waals surface area contributed by atoms with Gasteiger partial charge in [-0.25, -0.2) is 4.68 Å². The number of aromatic nitrogens is 2. The molecule has 0 radical (unpaired) electrons. The van der Waals surface area contributed by atoms with Crippen molar-refractivity contribution in [2.24, 2.45) is 0 Å². The van der Waals surface area contributed by atoms with Crippen LogP contribution in [0.15, 0.2) is 66.4 Å². The van der Waals surface area contributed by atoms with E-state index in [0.717, 1.165) is 41.2 Å². The highest BCUT2D eigenvalue weighted by Gasteiger charge is 2.23. The molecular weight excluding hydrogens is 386 g/mol. The van der Waals surface area contributed by atoms with E-state index in [1.54, 1.807) is 15.7 Å². The molecule has 2 heterocycles. The van der Waals surface area contributed by atoms with E-state index in [1.807, 2.05) is 74.8 Å². The van der Waals surface area contributed by atoms with E-state index in [4.69, 9.17) is 5.10 Å². The molecule has 6 nitrogen and oxygen atoms in total. The predicted molar refractivity (Wildman–Crippen MR) is 121 cm³/mol. The number of benzene rings is 2. The summed E-state index contributed by atoms with van der Waals surface area (Å²) in [6.07, 6.45) is 3.54. The molecule has 1 aliphatic rings. The zero-order valence-corrected chi connectivity index (χ0v) is 17.8. The number of aryl methyl sites for hydroxylation is 1. The van der Waals surface area contributed by atoms with Crippen LogP contribution in [0, 0.1) is 18.3 Å². The Labute approximate surface area is 182 Å². The molecule has 0 unspecified atom stereocenters. The first kappa shape index (κ1) is 20.6. The van der Waals surface area contributed by atoms with Crippen molar-refractivity contribution in [2.45, 2.75) is 6.92 Å². The second-order valence-electron chi connectivity index (χ2n) is 7.84. The topological polar surface area (TPSA) is 65.2 Å². The third-order valence-corrected chi connectivity index (χ3v) is 5.53. The first-order valence-electron chi connectivity index (χ1n) is 10.4. The second kappa shape index (κ2) is 8.99. The number of nitrogens with zero attached hydrogens (tertiary/aromatic N) is 5. The highest BCUT2D eigenvalue weighted by atomic mass is 16.2. The van der Waals surface area contributed by atoms with Crippen molar-refractivity contribution >= 4 is 12.0 Å². The third-order valence-electron chi connectivity index (χ3n) is 5.53. The number of carbonyl (C=O) groups is 1. The normalized spacial score (nSPS) is 15.0. The molecule has 4 rings (SSSR count). The number of piperazine rings is 1. The van der Waals surface area contributed by atoms with Crippen LogP contribution in [0.1, 0.15) is 11.1 Å². The fraction of sp³-hybridized carbons (Fsp3) is 0.240. The van der Waals surface area contributed by atoms with Crippen molar-refractivity contribution in [1.82, 2.24) is 19.6 Å². The fourth-order valence-corrected chi connectivity index (χ4v) is 3.62. The van der Waals surface area contributed by atoms with E-state index in [-0.39, 0.29) is 11.5 Å². The molecule has 3 aromatic rings. The molecule has 0 spiro atoms. The molecule has 1 saturated heterocycles. The van der Waals surface area contributed by atoms with Gasteiger partial charge in [-0.2, -0.15) is 10.4 Å². The highest BCUT2D eigenvalue weighted by Crippen LogP contribution is 2.26. The van der Waals surface area contributed by atoms with E-state index in [9.17, 15) is 10.1 Å². The SMILES string of the molecule is Cc1ccc(-c2nn(-c3ccccc3)cc2/C=C(\C#N)C(=O)N2CCN(C)CC2)cc1. The van der Waals surface area contributed by atoms with Gasteiger partial charge in [-0.3, -0.25) is 4.79 Å². The Bertz CT molecular complexity index is 1130. The van der Waals surface area contributed by atoms with Gasteiger partial charge in [0.1, 0.15) is 11.6 Å². The number of hydrogen-bond acceptors (Lipinski definition) is 4. The first-order valence-corrected chi connectivity index (χ1v) is 10.4. The Balaban J connectivity index is 1.74. The molecule has 156 valence electrons. The van der Waals surface area contributed by atoms with Gasteiger partial charge in [0, 0.05) is 43.5 Å². The maximum atomic E-state index is 13.0. The molecule has 2 aromatic carbocycles.